The fourth-order valence-corrected chi connectivity index (χ4v) is 7.26. The lowest BCUT2D eigenvalue weighted by Gasteiger charge is -2.27. The summed E-state index contributed by atoms with van der Waals surface area (Å²) in [7, 11) is -6.32. The van der Waals surface area contributed by atoms with Crippen molar-refractivity contribution in [1.82, 2.24) is 4.31 Å². The van der Waals surface area contributed by atoms with Crippen LogP contribution in [0.5, 0.6) is 0 Å². The summed E-state index contributed by atoms with van der Waals surface area (Å²) in [5, 5.41) is 0.395. The molecule has 5 nitrogen and oxygen atoms in total. The maximum absolute atomic E-state index is 12.5. The fourth-order valence-electron chi connectivity index (χ4n) is 2.80. The van der Waals surface area contributed by atoms with Crippen LogP contribution in [0.2, 0.25) is 0 Å². The van der Waals surface area contributed by atoms with E-state index in [2.05, 4.69) is 15.9 Å². The Balaban J connectivity index is 2.00. The highest BCUT2D eigenvalue weighted by Crippen LogP contribution is 2.28. The average molecular weight is 374 g/mol. The molecule has 1 atom stereocenters. The van der Waals surface area contributed by atoms with Crippen molar-refractivity contribution < 1.29 is 16.8 Å². The van der Waals surface area contributed by atoms with Crippen molar-refractivity contribution >= 4 is 35.8 Å². The molecule has 2 rings (SSSR count). The number of nitrogens with zero attached hydrogens (tertiary/aromatic N) is 1. The average Bonchev–Trinajstić information content (AvgIpc) is 2.78. The summed E-state index contributed by atoms with van der Waals surface area (Å²) in [4.78, 5) is 0. The third-order valence-electron chi connectivity index (χ3n) is 4.05. The molecule has 0 spiro atoms. The molecule has 0 aromatic heterocycles. The maximum Gasteiger partial charge on any atom is 0.217 e. The van der Waals surface area contributed by atoms with E-state index in [1.54, 1.807) is 4.31 Å². The Morgan fingerprint density at radius 2 is 1.79 bits per heavy atom. The van der Waals surface area contributed by atoms with Gasteiger partial charge in [-0.25, -0.2) is 21.1 Å². The third-order valence-corrected chi connectivity index (χ3v) is 8.59. The molecule has 19 heavy (non-hydrogen) atoms. The van der Waals surface area contributed by atoms with Crippen LogP contribution < -0.4 is 0 Å². The Bertz CT molecular complexity index is 503. The van der Waals surface area contributed by atoms with Crippen LogP contribution in [0.25, 0.3) is 0 Å². The number of sulfone groups is 1. The van der Waals surface area contributed by atoms with Crippen LogP contribution in [0.4, 0.5) is 0 Å². The zero-order valence-electron chi connectivity index (χ0n) is 10.8. The lowest BCUT2D eigenvalue weighted by Crippen LogP contribution is -2.41. The first-order valence-electron chi connectivity index (χ1n) is 6.60. The Hall–Kier alpha value is 0.340. The van der Waals surface area contributed by atoms with Gasteiger partial charge in [-0.2, -0.15) is 0 Å². The zero-order chi connectivity index (χ0) is 14.1. The molecule has 2 saturated heterocycles. The second-order valence-corrected chi connectivity index (χ2v) is 10.7. The van der Waals surface area contributed by atoms with E-state index in [9.17, 15) is 16.8 Å². The van der Waals surface area contributed by atoms with Crippen molar-refractivity contribution in [3.8, 4) is 0 Å². The molecule has 0 N–H and O–H groups in total. The number of alkyl halides is 1. The quantitative estimate of drug-likeness (QED) is 0.689. The van der Waals surface area contributed by atoms with Gasteiger partial charge in [-0.05, 0) is 31.6 Å². The molecule has 0 aliphatic carbocycles. The van der Waals surface area contributed by atoms with Gasteiger partial charge in [-0.3, -0.25) is 0 Å². The van der Waals surface area contributed by atoms with Gasteiger partial charge in [0.05, 0.1) is 16.8 Å². The first-order chi connectivity index (χ1) is 8.85. The summed E-state index contributed by atoms with van der Waals surface area (Å²) in [5.74, 6) is 0.451. The van der Waals surface area contributed by atoms with E-state index in [0.29, 0.717) is 19.0 Å². The van der Waals surface area contributed by atoms with E-state index in [1.807, 2.05) is 0 Å². The van der Waals surface area contributed by atoms with Gasteiger partial charge in [-0.1, -0.05) is 15.9 Å². The van der Waals surface area contributed by atoms with E-state index in [-0.39, 0.29) is 24.3 Å². The molecular formula is C11H20BrNO4S2. The molecule has 0 aromatic rings. The zero-order valence-corrected chi connectivity index (χ0v) is 14.0. The van der Waals surface area contributed by atoms with E-state index in [1.165, 1.54) is 0 Å². The van der Waals surface area contributed by atoms with Crippen LogP contribution in [0.15, 0.2) is 0 Å². The van der Waals surface area contributed by atoms with Crippen molar-refractivity contribution in [3.05, 3.63) is 0 Å². The summed E-state index contributed by atoms with van der Waals surface area (Å²) >= 11 is 3.38. The van der Waals surface area contributed by atoms with E-state index in [4.69, 9.17) is 0 Å². The summed E-state index contributed by atoms with van der Waals surface area (Å²) in [6, 6.07) is 0. The highest BCUT2D eigenvalue weighted by Gasteiger charge is 2.39. The summed E-state index contributed by atoms with van der Waals surface area (Å²) in [5.41, 5.74) is 0. The van der Waals surface area contributed by atoms with E-state index < -0.39 is 25.1 Å². The molecular weight excluding hydrogens is 354 g/mol. The van der Waals surface area contributed by atoms with Gasteiger partial charge < -0.3 is 0 Å². The third kappa shape index (κ3) is 3.71. The van der Waals surface area contributed by atoms with Gasteiger partial charge in [0.1, 0.15) is 9.84 Å². The molecule has 0 amide bonds. The van der Waals surface area contributed by atoms with Gasteiger partial charge >= 0.3 is 0 Å². The van der Waals surface area contributed by atoms with Crippen molar-refractivity contribution in [3.63, 3.8) is 0 Å². The molecule has 2 heterocycles. The molecule has 0 bridgehead atoms. The van der Waals surface area contributed by atoms with Crippen molar-refractivity contribution in [1.29, 1.82) is 0 Å². The molecule has 1 unspecified atom stereocenters. The first-order valence-corrected chi connectivity index (χ1v) is 11.0. The first kappa shape index (κ1) is 15.7. The van der Waals surface area contributed by atoms with Crippen molar-refractivity contribution in [2.45, 2.75) is 30.9 Å². The van der Waals surface area contributed by atoms with Crippen LogP contribution in [0, 0.1) is 5.92 Å². The molecule has 2 aliphatic heterocycles. The van der Waals surface area contributed by atoms with E-state index in [0.717, 1.165) is 18.2 Å². The van der Waals surface area contributed by atoms with Gasteiger partial charge in [0.2, 0.25) is 10.0 Å². The van der Waals surface area contributed by atoms with Gasteiger partial charge in [0, 0.05) is 18.4 Å². The Morgan fingerprint density at radius 1 is 1.16 bits per heavy atom. The maximum atomic E-state index is 12.5. The van der Waals surface area contributed by atoms with Crippen LogP contribution in [0.1, 0.15) is 25.7 Å². The minimum Gasteiger partial charge on any atom is -0.229 e. The largest absolute Gasteiger partial charge is 0.229 e. The topological polar surface area (TPSA) is 71.5 Å². The predicted octanol–water partition coefficient (Wildman–Crippen LogP) is 1.00. The standard InChI is InChI=1S/C11H20BrNO4S2/c12-5-1-10-2-6-13(9-10)19(16,17)11-3-7-18(14,15)8-4-11/h10-11H,1-9H2. The van der Waals surface area contributed by atoms with Crippen LogP contribution in [-0.2, 0) is 19.9 Å². The van der Waals surface area contributed by atoms with Crippen molar-refractivity contribution in [2.75, 3.05) is 29.9 Å². The Morgan fingerprint density at radius 3 is 2.37 bits per heavy atom. The lowest BCUT2D eigenvalue weighted by atomic mass is 10.1. The number of halogens is 1. The predicted molar refractivity (Wildman–Crippen MR) is 78.7 cm³/mol. The summed E-state index contributed by atoms with van der Waals surface area (Å²) in [6.07, 6.45) is 2.41. The highest BCUT2D eigenvalue weighted by atomic mass is 79.9. The second-order valence-electron chi connectivity index (χ2n) is 5.39. The summed E-state index contributed by atoms with van der Waals surface area (Å²) in [6.45, 7) is 1.18. The number of hydrogen-bond acceptors (Lipinski definition) is 4. The van der Waals surface area contributed by atoms with Crippen LogP contribution in [-0.4, -0.2) is 56.3 Å². The van der Waals surface area contributed by atoms with Gasteiger partial charge in [0.15, 0.2) is 0 Å². The smallest absolute Gasteiger partial charge is 0.217 e. The van der Waals surface area contributed by atoms with Crippen molar-refractivity contribution in [2.24, 2.45) is 5.92 Å². The van der Waals surface area contributed by atoms with Gasteiger partial charge in [-0.15, -0.1) is 0 Å². The molecule has 0 saturated carbocycles. The molecule has 112 valence electrons. The van der Waals surface area contributed by atoms with Gasteiger partial charge in [0.25, 0.3) is 0 Å². The fraction of sp³-hybridized carbons (Fsp3) is 1.00. The van der Waals surface area contributed by atoms with Crippen LogP contribution in [0.3, 0.4) is 0 Å². The molecule has 0 aromatic carbocycles. The van der Waals surface area contributed by atoms with E-state index >= 15 is 0 Å². The molecule has 2 fully saturated rings. The summed E-state index contributed by atoms with van der Waals surface area (Å²) < 4.78 is 49.2. The minimum atomic E-state index is -3.31. The van der Waals surface area contributed by atoms with Crippen LogP contribution >= 0.6 is 15.9 Å². The number of sulfonamides is 1. The Kier molecular flexibility index (Phi) is 4.96. The normalized spacial score (nSPS) is 29.6. The number of rotatable bonds is 4. The molecule has 0 radical (unpaired) electrons. The lowest BCUT2D eigenvalue weighted by molar-refractivity contribution is 0.439. The number of hydrogen-bond donors (Lipinski definition) is 0. The second kappa shape index (κ2) is 5.99. The minimum absolute atomic E-state index is 0.00949. The Labute approximate surface area is 123 Å². The SMILES string of the molecule is O=S1(=O)CCC(S(=O)(=O)N2CCC(CCBr)C2)CC1. The highest BCUT2D eigenvalue weighted by molar-refractivity contribution is 9.09. The molecule has 2 aliphatic rings. The molecule has 8 heteroatoms. The monoisotopic (exact) mass is 373 g/mol.